The molecule has 3 N–H and O–H groups in total. The van der Waals surface area contributed by atoms with E-state index in [4.69, 9.17) is 0 Å². The van der Waals surface area contributed by atoms with E-state index in [2.05, 4.69) is 20.5 Å². The molecular formula is C14H12N4O2. The second kappa shape index (κ2) is 4.65. The van der Waals surface area contributed by atoms with Gasteiger partial charge in [-0.1, -0.05) is 18.2 Å². The predicted molar refractivity (Wildman–Crippen MR) is 75.8 cm³/mol. The number of aromatic amines is 2. The standard InChI is InChI=1S/C14H12N4O2/c1-8-6-12(18-17-8)16-14(20)11-7-9-4-2-3-5-10(9)13(19)15-11/h2-7H,1H3,(H,15,19)(H2,16,17,18,20). The molecule has 0 spiro atoms. The lowest BCUT2D eigenvalue weighted by molar-refractivity contribution is 0.102. The molecule has 0 bridgehead atoms. The van der Waals surface area contributed by atoms with Crippen LogP contribution in [-0.4, -0.2) is 21.1 Å². The number of aromatic nitrogens is 3. The molecule has 1 aromatic carbocycles. The summed E-state index contributed by atoms with van der Waals surface area (Å²) in [6.45, 7) is 1.83. The molecule has 6 heteroatoms. The van der Waals surface area contributed by atoms with Crippen LogP contribution in [0.3, 0.4) is 0 Å². The fourth-order valence-electron chi connectivity index (χ4n) is 2.00. The van der Waals surface area contributed by atoms with Crippen LogP contribution in [0, 0.1) is 6.92 Å². The Kier molecular flexibility index (Phi) is 2.83. The SMILES string of the molecule is Cc1cc(NC(=O)c2cc3ccccc3c(=O)[nH]2)n[nH]1. The minimum Gasteiger partial charge on any atom is -0.317 e. The molecule has 6 nitrogen and oxygen atoms in total. The van der Waals surface area contributed by atoms with Crippen molar-refractivity contribution in [1.29, 1.82) is 0 Å². The van der Waals surface area contributed by atoms with Crippen LogP contribution in [0.1, 0.15) is 16.2 Å². The summed E-state index contributed by atoms with van der Waals surface area (Å²) >= 11 is 0. The summed E-state index contributed by atoms with van der Waals surface area (Å²) in [5.74, 6) is 0.0147. The number of H-pyrrole nitrogens is 2. The van der Waals surface area contributed by atoms with E-state index in [1.165, 1.54) is 0 Å². The first-order valence-electron chi connectivity index (χ1n) is 6.09. The van der Waals surface area contributed by atoms with Gasteiger partial charge in [0.1, 0.15) is 5.69 Å². The highest BCUT2D eigenvalue weighted by Crippen LogP contribution is 2.11. The summed E-state index contributed by atoms with van der Waals surface area (Å²) in [5, 5.41) is 10.5. The van der Waals surface area contributed by atoms with Crippen molar-refractivity contribution in [1.82, 2.24) is 15.2 Å². The van der Waals surface area contributed by atoms with Crippen LogP contribution >= 0.6 is 0 Å². The van der Waals surface area contributed by atoms with E-state index in [1.54, 1.807) is 30.3 Å². The van der Waals surface area contributed by atoms with Gasteiger partial charge < -0.3 is 10.3 Å². The number of nitrogens with zero attached hydrogens (tertiary/aromatic N) is 1. The van der Waals surface area contributed by atoms with Crippen molar-refractivity contribution in [2.45, 2.75) is 6.92 Å². The highest BCUT2D eigenvalue weighted by atomic mass is 16.2. The Labute approximate surface area is 113 Å². The van der Waals surface area contributed by atoms with E-state index < -0.39 is 5.91 Å². The average molecular weight is 268 g/mol. The van der Waals surface area contributed by atoms with Gasteiger partial charge in [-0.3, -0.25) is 14.7 Å². The molecule has 2 aromatic heterocycles. The average Bonchev–Trinajstić information content (AvgIpc) is 2.84. The smallest absolute Gasteiger partial charge is 0.273 e. The van der Waals surface area contributed by atoms with E-state index in [0.29, 0.717) is 11.2 Å². The Morgan fingerprint density at radius 3 is 2.80 bits per heavy atom. The number of carbonyl (C=O) groups excluding carboxylic acids is 1. The van der Waals surface area contributed by atoms with Crippen molar-refractivity contribution in [2.75, 3.05) is 5.32 Å². The van der Waals surface area contributed by atoms with Gasteiger partial charge in [-0.25, -0.2) is 0 Å². The first-order chi connectivity index (χ1) is 9.63. The molecule has 0 unspecified atom stereocenters. The fraction of sp³-hybridized carbons (Fsp3) is 0.0714. The van der Waals surface area contributed by atoms with Crippen molar-refractivity contribution in [3.63, 3.8) is 0 Å². The van der Waals surface area contributed by atoms with Gasteiger partial charge in [-0.15, -0.1) is 0 Å². The molecule has 0 saturated heterocycles. The van der Waals surface area contributed by atoms with E-state index >= 15 is 0 Å². The molecule has 20 heavy (non-hydrogen) atoms. The van der Waals surface area contributed by atoms with Crippen molar-refractivity contribution in [3.05, 3.63) is 58.1 Å². The minimum absolute atomic E-state index is 0.203. The normalized spacial score (nSPS) is 10.7. The lowest BCUT2D eigenvalue weighted by Gasteiger charge is -2.03. The summed E-state index contributed by atoms with van der Waals surface area (Å²) in [7, 11) is 0. The molecule has 100 valence electrons. The van der Waals surface area contributed by atoms with Gasteiger partial charge in [-0.05, 0) is 24.4 Å². The van der Waals surface area contributed by atoms with Crippen LogP contribution in [0.15, 0.2) is 41.2 Å². The number of hydrogen-bond acceptors (Lipinski definition) is 3. The quantitative estimate of drug-likeness (QED) is 0.662. The lowest BCUT2D eigenvalue weighted by atomic mass is 10.1. The highest BCUT2D eigenvalue weighted by molar-refractivity contribution is 6.04. The Morgan fingerprint density at radius 2 is 2.05 bits per heavy atom. The van der Waals surface area contributed by atoms with Crippen LogP contribution < -0.4 is 10.9 Å². The zero-order valence-electron chi connectivity index (χ0n) is 10.7. The number of amides is 1. The zero-order valence-corrected chi connectivity index (χ0v) is 10.7. The minimum atomic E-state index is -0.403. The lowest BCUT2D eigenvalue weighted by Crippen LogP contribution is -2.19. The van der Waals surface area contributed by atoms with Gasteiger partial charge in [0.2, 0.25) is 0 Å². The van der Waals surface area contributed by atoms with Gasteiger partial charge >= 0.3 is 0 Å². The first-order valence-corrected chi connectivity index (χ1v) is 6.09. The van der Waals surface area contributed by atoms with E-state index in [0.717, 1.165) is 11.1 Å². The predicted octanol–water partition coefficient (Wildman–Crippen LogP) is 1.81. The molecule has 0 saturated carbocycles. The van der Waals surface area contributed by atoms with Gasteiger partial charge in [0, 0.05) is 17.1 Å². The van der Waals surface area contributed by atoms with E-state index in [9.17, 15) is 9.59 Å². The molecule has 3 aromatic rings. The maximum absolute atomic E-state index is 12.1. The molecule has 2 heterocycles. The molecule has 0 fully saturated rings. The molecule has 0 atom stereocenters. The first kappa shape index (κ1) is 12.2. The van der Waals surface area contributed by atoms with Crippen molar-refractivity contribution in [3.8, 4) is 0 Å². The molecule has 0 aliphatic carbocycles. The number of aryl methyl sites for hydroxylation is 1. The third-order valence-electron chi connectivity index (χ3n) is 2.95. The summed E-state index contributed by atoms with van der Waals surface area (Å²) < 4.78 is 0. The van der Waals surface area contributed by atoms with Gasteiger partial charge in [0.25, 0.3) is 11.5 Å². The maximum atomic E-state index is 12.1. The van der Waals surface area contributed by atoms with Gasteiger partial charge in [0.15, 0.2) is 5.82 Å². The molecule has 0 radical (unpaired) electrons. The van der Waals surface area contributed by atoms with Crippen LogP contribution in [0.25, 0.3) is 10.8 Å². The topological polar surface area (TPSA) is 90.6 Å². The number of anilines is 1. The molecule has 0 aliphatic heterocycles. The second-order valence-electron chi connectivity index (χ2n) is 4.49. The van der Waals surface area contributed by atoms with Crippen LogP contribution in [-0.2, 0) is 0 Å². The third kappa shape index (κ3) is 2.18. The monoisotopic (exact) mass is 268 g/mol. The Balaban J connectivity index is 1.97. The number of hydrogen-bond donors (Lipinski definition) is 3. The Morgan fingerprint density at radius 1 is 1.25 bits per heavy atom. The van der Waals surface area contributed by atoms with Crippen molar-refractivity contribution >= 4 is 22.5 Å². The molecule has 0 aliphatic rings. The largest absolute Gasteiger partial charge is 0.317 e. The number of benzene rings is 1. The van der Waals surface area contributed by atoms with Crippen molar-refractivity contribution in [2.24, 2.45) is 0 Å². The van der Waals surface area contributed by atoms with E-state index in [1.807, 2.05) is 13.0 Å². The molecular weight excluding hydrogens is 256 g/mol. The summed E-state index contributed by atoms with van der Waals surface area (Å²) in [4.78, 5) is 26.6. The fourth-order valence-corrected chi connectivity index (χ4v) is 2.00. The molecule has 3 rings (SSSR count). The number of pyridine rings is 1. The Bertz CT molecular complexity index is 848. The number of fused-ring (bicyclic) bond motifs is 1. The van der Waals surface area contributed by atoms with Crippen LogP contribution in [0.2, 0.25) is 0 Å². The van der Waals surface area contributed by atoms with Crippen molar-refractivity contribution < 1.29 is 4.79 Å². The highest BCUT2D eigenvalue weighted by Gasteiger charge is 2.10. The second-order valence-corrected chi connectivity index (χ2v) is 4.49. The van der Waals surface area contributed by atoms with Crippen LogP contribution in [0.4, 0.5) is 5.82 Å². The molecule has 1 amide bonds. The Hall–Kier alpha value is -2.89. The number of nitrogens with one attached hydrogen (secondary N) is 3. The van der Waals surface area contributed by atoms with Gasteiger partial charge in [0.05, 0.1) is 0 Å². The summed E-state index contributed by atoms with van der Waals surface area (Å²) in [5.41, 5.74) is 0.758. The summed E-state index contributed by atoms with van der Waals surface area (Å²) in [6.07, 6.45) is 0. The summed E-state index contributed by atoms with van der Waals surface area (Å²) in [6, 6.07) is 10.5. The van der Waals surface area contributed by atoms with Crippen LogP contribution in [0.5, 0.6) is 0 Å². The third-order valence-corrected chi connectivity index (χ3v) is 2.95. The maximum Gasteiger partial charge on any atom is 0.273 e. The zero-order chi connectivity index (χ0) is 14.1. The number of carbonyl (C=O) groups is 1. The van der Waals surface area contributed by atoms with Gasteiger partial charge in [-0.2, -0.15) is 5.10 Å². The number of rotatable bonds is 2. The van der Waals surface area contributed by atoms with E-state index in [-0.39, 0.29) is 11.3 Å².